The van der Waals surface area contributed by atoms with E-state index in [1.54, 1.807) is 0 Å². The summed E-state index contributed by atoms with van der Waals surface area (Å²) in [5.41, 5.74) is 0.530. The summed E-state index contributed by atoms with van der Waals surface area (Å²) in [5, 5.41) is 11.6. The molecule has 1 unspecified atom stereocenters. The van der Waals surface area contributed by atoms with Gasteiger partial charge in [0.05, 0.1) is 17.0 Å². The molecule has 3 amide bonds. The molecule has 1 aliphatic heterocycles. The van der Waals surface area contributed by atoms with Gasteiger partial charge in [-0.3, -0.25) is 24.5 Å². The van der Waals surface area contributed by atoms with Crippen LogP contribution >= 0.6 is 11.6 Å². The molecule has 4 rings (SSSR count). The first-order valence-electron chi connectivity index (χ1n) is 10.2. The second-order valence-corrected chi connectivity index (χ2v) is 8.07. The van der Waals surface area contributed by atoms with Gasteiger partial charge in [0.25, 0.3) is 17.5 Å². The number of carbonyl (C=O) groups is 3. The van der Waals surface area contributed by atoms with Crippen molar-refractivity contribution in [3.63, 3.8) is 0 Å². The molecule has 172 valence electrons. The third-order valence-corrected chi connectivity index (χ3v) is 5.67. The summed E-state index contributed by atoms with van der Waals surface area (Å²) >= 11 is 5.90. The first-order chi connectivity index (χ1) is 16.2. The lowest BCUT2D eigenvalue weighted by Gasteiger charge is -2.28. The van der Waals surface area contributed by atoms with E-state index >= 15 is 0 Å². The number of nitrogens with zero attached hydrogens (tertiary/aromatic N) is 3. The Kier molecular flexibility index (Phi) is 6.38. The molecule has 0 radical (unpaired) electrons. The highest BCUT2D eigenvalue weighted by Gasteiger charge is 2.44. The van der Waals surface area contributed by atoms with Gasteiger partial charge in [-0.15, -0.1) is 0 Å². The fourth-order valence-corrected chi connectivity index (χ4v) is 3.88. The van der Waals surface area contributed by atoms with Gasteiger partial charge >= 0.3 is 0 Å². The quantitative estimate of drug-likeness (QED) is 0.296. The van der Waals surface area contributed by atoms with E-state index in [1.807, 2.05) is 0 Å². The molecule has 0 aliphatic carbocycles. The van der Waals surface area contributed by atoms with Crippen molar-refractivity contribution in [2.75, 3.05) is 4.90 Å². The van der Waals surface area contributed by atoms with E-state index in [-0.39, 0.29) is 24.2 Å². The van der Waals surface area contributed by atoms with Crippen LogP contribution in [-0.2, 0) is 16.1 Å². The zero-order valence-electron chi connectivity index (χ0n) is 17.6. The fourth-order valence-electron chi connectivity index (χ4n) is 3.75. The Morgan fingerprint density at radius 3 is 2.41 bits per heavy atom. The van der Waals surface area contributed by atoms with Crippen molar-refractivity contribution < 1.29 is 23.7 Å². The zero-order valence-corrected chi connectivity index (χ0v) is 18.3. The number of halogens is 2. The standard InChI is InChI=1S/C24H17ClFN3O5/c25-17-6-10-19(11-7-17)28-22(30)13-21(24(28)32)27(14-15-4-8-18(26)9-5-15)23(31)16-2-1-3-20(12-16)29(33)34/h1-12,21H,13-14H2. The summed E-state index contributed by atoms with van der Waals surface area (Å²) < 4.78 is 13.4. The van der Waals surface area contributed by atoms with E-state index < -0.39 is 34.5 Å². The van der Waals surface area contributed by atoms with E-state index in [2.05, 4.69) is 0 Å². The van der Waals surface area contributed by atoms with Gasteiger partial charge < -0.3 is 4.90 Å². The molecule has 0 saturated carbocycles. The summed E-state index contributed by atoms with van der Waals surface area (Å²) in [5.74, 6) is -2.26. The van der Waals surface area contributed by atoms with Crippen molar-refractivity contribution in [2.24, 2.45) is 0 Å². The van der Waals surface area contributed by atoms with Crippen LogP contribution in [0.2, 0.25) is 5.02 Å². The highest BCUT2D eigenvalue weighted by atomic mass is 35.5. The highest BCUT2D eigenvalue weighted by Crippen LogP contribution is 2.29. The molecule has 1 heterocycles. The number of benzene rings is 3. The third kappa shape index (κ3) is 4.65. The van der Waals surface area contributed by atoms with Gasteiger partial charge in [-0.2, -0.15) is 0 Å². The highest BCUT2D eigenvalue weighted by molar-refractivity contribution is 6.31. The largest absolute Gasteiger partial charge is 0.322 e. The maximum Gasteiger partial charge on any atom is 0.270 e. The zero-order chi connectivity index (χ0) is 24.4. The average molecular weight is 482 g/mol. The van der Waals surface area contributed by atoms with Crippen LogP contribution in [0.4, 0.5) is 15.8 Å². The van der Waals surface area contributed by atoms with Crippen LogP contribution < -0.4 is 4.90 Å². The minimum absolute atomic E-state index is 0.0125. The summed E-state index contributed by atoms with van der Waals surface area (Å²) in [6.07, 6.45) is -0.274. The number of amides is 3. The summed E-state index contributed by atoms with van der Waals surface area (Å²) in [6, 6.07) is 15.4. The number of carbonyl (C=O) groups excluding carboxylic acids is 3. The Labute approximate surface area is 198 Å². The molecule has 1 saturated heterocycles. The van der Waals surface area contributed by atoms with Gasteiger partial charge in [-0.05, 0) is 48.0 Å². The molecule has 3 aromatic rings. The van der Waals surface area contributed by atoms with Crippen molar-refractivity contribution in [3.8, 4) is 0 Å². The van der Waals surface area contributed by atoms with Gasteiger partial charge in [0, 0.05) is 29.3 Å². The SMILES string of the molecule is O=C1CC(N(Cc2ccc(F)cc2)C(=O)c2cccc([N+](=O)[O-])c2)C(=O)N1c1ccc(Cl)cc1. The van der Waals surface area contributed by atoms with Crippen LogP contribution in [0, 0.1) is 15.9 Å². The molecule has 0 N–H and O–H groups in total. The van der Waals surface area contributed by atoms with Gasteiger partial charge in [0.15, 0.2) is 0 Å². The topological polar surface area (TPSA) is 101 Å². The Hall–Kier alpha value is -4.11. The fraction of sp³-hybridized carbons (Fsp3) is 0.125. The van der Waals surface area contributed by atoms with Crippen LogP contribution in [0.15, 0.2) is 72.8 Å². The van der Waals surface area contributed by atoms with E-state index in [9.17, 15) is 28.9 Å². The number of rotatable bonds is 6. The molecule has 34 heavy (non-hydrogen) atoms. The van der Waals surface area contributed by atoms with Crippen LogP contribution in [0.25, 0.3) is 0 Å². The molecular formula is C24H17ClFN3O5. The summed E-state index contributed by atoms with van der Waals surface area (Å²) in [4.78, 5) is 52.2. The minimum Gasteiger partial charge on any atom is -0.322 e. The molecule has 0 bridgehead atoms. The normalized spacial score (nSPS) is 15.5. The molecule has 1 aliphatic rings. The maximum absolute atomic E-state index is 13.4. The van der Waals surface area contributed by atoms with Crippen LogP contribution in [-0.4, -0.2) is 33.6 Å². The van der Waals surface area contributed by atoms with Crippen molar-refractivity contribution in [2.45, 2.75) is 19.0 Å². The first-order valence-corrected chi connectivity index (χ1v) is 10.5. The number of nitro groups is 1. The van der Waals surface area contributed by atoms with Crippen molar-refractivity contribution in [1.82, 2.24) is 4.90 Å². The van der Waals surface area contributed by atoms with Crippen molar-refractivity contribution in [1.29, 1.82) is 0 Å². The summed E-state index contributed by atoms with van der Waals surface area (Å²) in [6.45, 7) is -0.111. The average Bonchev–Trinajstić information content (AvgIpc) is 3.12. The van der Waals surface area contributed by atoms with Gasteiger partial charge in [0.2, 0.25) is 5.91 Å². The molecule has 3 aromatic carbocycles. The van der Waals surface area contributed by atoms with Crippen LogP contribution in [0.3, 0.4) is 0 Å². The van der Waals surface area contributed by atoms with E-state index in [4.69, 9.17) is 11.6 Å². The van der Waals surface area contributed by atoms with Crippen molar-refractivity contribution in [3.05, 3.63) is 105 Å². The Balaban J connectivity index is 1.71. The van der Waals surface area contributed by atoms with Gasteiger partial charge in [0.1, 0.15) is 11.9 Å². The first kappa shape index (κ1) is 23.1. The van der Waals surface area contributed by atoms with E-state index in [0.29, 0.717) is 16.3 Å². The lowest BCUT2D eigenvalue weighted by molar-refractivity contribution is -0.384. The summed E-state index contributed by atoms with van der Waals surface area (Å²) in [7, 11) is 0. The van der Waals surface area contributed by atoms with E-state index in [0.717, 1.165) is 11.0 Å². The second-order valence-electron chi connectivity index (χ2n) is 7.63. The monoisotopic (exact) mass is 481 g/mol. The number of anilines is 1. The van der Waals surface area contributed by atoms with Gasteiger partial charge in [-0.1, -0.05) is 29.8 Å². The number of hydrogen-bond donors (Lipinski definition) is 0. The molecule has 1 fully saturated rings. The Bertz CT molecular complexity index is 1280. The maximum atomic E-state index is 13.4. The minimum atomic E-state index is -1.15. The number of imide groups is 1. The van der Waals surface area contributed by atoms with Crippen LogP contribution in [0.5, 0.6) is 0 Å². The molecule has 10 heteroatoms. The number of hydrogen-bond acceptors (Lipinski definition) is 5. The lowest BCUT2D eigenvalue weighted by atomic mass is 10.1. The van der Waals surface area contributed by atoms with Crippen molar-refractivity contribution >= 4 is 40.7 Å². The molecule has 0 aromatic heterocycles. The van der Waals surface area contributed by atoms with Gasteiger partial charge in [-0.25, -0.2) is 9.29 Å². The number of nitro benzene ring substituents is 1. The number of non-ortho nitro benzene ring substituents is 1. The molecule has 1 atom stereocenters. The Morgan fingerprint density at radius 2 is 1.76 bits per heavy atom. The predicted octanol–water partition coefficient (Wildman–Crippen LogP) is 4.36. The molecule has 8 nitrogen and oxygen atoms in total. The smallest absolute Gasteiger partial charge is 0.270 e. The van der Waals surface area contributed by atoms with E-state index in [1.165, 1.54) is 71.6 Å². The predicted molar refractivity (Wildman–Crippen MR) is 122 cm³/mol. The lowest BCUT2D eigenvalue weighted by Crippen LogP contribution is -2.45. The molecule has 0 spiro atoms. The second kappa shape index (κ2) is 9.40. The third-order valence-electron chi connectivity index (χ3n) is 5.41. The van der Waals surface area contributed by atoms with Crippen LogP contribution in [0.1, 0.15) is 22.3 Å². The Morgan fingerprint density at radius 1 is 1.09 bits per heavy atom. The molecular weight excluding hydrogens is 465 g/mol.